The fraction of sp³-hybridized carbons (Fsp3) is 0.441. The predicted octanol–water partition coefficient (Wildman–Crippen LogP) is 6.81. The van der Waals surface area contributed by atoms with Crippen molar-refractivity contribution in [3.8, 4) is 11.5 Å². The molecule has 0 radical (unpaired) electrons. The van der Waals surface area contributed by atoms with Crippen molar-refractivity contribution in [3.05, 3.63) is 76.3 Å². The Hall–Kier alpha value is -3.87. The van der Waals surface area contributed by atoms with E-state index >= 15 is 0 Å². The zero-order chi connectivity index (χ0) is 29.5. The summed E-state index contributed by atoms with van der Waals surface area (Å²) < 4.78 is 18.2. The highest BCUT2D eigenvalue weighted by Crippen LogP contribution is 2.53. The van der Waals surface area contributed by atoms with E-state index < -0.39 is 5.92 Å². The summed E-state index contributed by atoms with van der Waals surface area (Å²) in [6, 6.07) is 13.0. The van der Waals surface area contributed by atoms with Crippen LogP contribution in [0.15, 0.2) is 65.1 Å². The van der Waals surface area contributed by atoms with Gasteiger partial charge in [-0.25, -0.2) is 0 Å². The van der Waals surface area contributed by atoms with E-state index in [0.717, 1.165) is 11.1 Å². The highest BCUT2D eigenvalue weighted by molar-refractivity contribution is 6.06. The molecular weight excluding hydrogens is 518 g/mol. The molecule has 1 amide bonds. The van der Waals surface area contributed by atoms with Crippen molar-refractivity contribution in [3.63, 3.8) is 0 Å². The highest BCUT2D eigenvalue weighted by atomic mass is 16.5. The summed E-state index contributed by atoms with van der Waals surface area (Å²) in [5.41, 5.74) is 3.27. The third kappa shape index (κ3) is 6.09. The number of amides is 1. The van der Waals surface area contributed by atoms with Gasteiger partial charge in [0.15, 0.2) is 29.7 Å². The molecule has 0 saturated carbocycles. The number of allylic oxidation sites excluding steroid dienone is 4. The van der Waals surface area contributed by atoms with Crippen LogP contribution in [0.5, 0.6) is 11.5 Å². The molecule has 7 heteroatoms. The number of hydrogen-bond acceptors (Lipinski definition) is 6. The Bertz CT molecular complexity index is 1410. The third-order valence-corrected chi connectivity index (χ3v) is 7.88. The molecule has 0 saturated heterocycles. The molecule has 5 rings (SSSR count). The van der Waals surface area contributed by atoms with Gasteiger partial charge >= 0.3 is 0 Å². The number of ketones is 2. The van der Waals surface area contributed by atoms with Crippen LogP contribution in [-0.2, 0) is 19.1 Å². The Kier molecular flexibility index (Phi) is 7.58. The summed E-state index contributed by atoms with van der Waals surface area (Å²) in [5.74, 6) is 1.42. The van der Waals surface area contributed by atoms with Crippen LogP contribution in [0.3, 0.4) is 0 Å². The first kappa shape index (κ1) is 28.7. The molecule has 1 N–H and O–H groups in total. The zero-order valence-corrected chi connectivity index (χ0v) is 24.8. The van der Waals surface area contributed by atoms with Gasteiger partial charge in [0, 0.05) is 48.4 Å². The Balaban J connectivity index is 1.47. The maximum Gasteiger partial charge on any atom is 0.262 e. The van der Waals surface area contributed by atoms with Crippen molar-refractivity contribution in [1.29, 1.82) is 0 Å². The average molecular weight is 558 g/mol. The normalized spacial score (nSPS) is 19.8. The SMILES string of the molecule is CCOc1cc(C2C3=C(CC(C)(C)CC3=O)OC3=C2C(=O)CC(C)(C)C3)ccc1OCC(=O)Nc1ccc(C)cc1. The Morgan fingerprint density at radius 1 is 0.854 bits per heavy atom. The van der Waals surface area contributed by atoms with E-state index in [1.165, 1.54) is 0 Å². The van der Waals surface area contributed by atoms with Gasteiger partial charge in [-0.05, 0) is 54.5 Å². The van der Waals surface area contributed by atoms with Crippen LogP contribution >= 0.6 is 0 Å². The van der Waals surface area contributed by atoms with Crippen molar-refractivity contribution >= 4 is 23.2 Å². The second-order valence-electron chi connectivity index (χ2n) is 12.9. The fourth-order valence-corrected chi connectivity index (χ4v) is 6.08. The van der Waals surface area contributed by atoms with Gasteiger partial charge in [-0.2, -0.15) is 0 Å². The quantitative estimate of drug-likeness (QED) is 0.402. The van der Waals surface area contributed by atoms with Crippen molar-refractivity contribution < 1.29 is 28.6 Å². The van der Waals surface area contributed by atoms with Gasteiger partial charge in [-0.1, -0.05) is 51.5 Å². The molecule has 0 unspecified atom stereocenters. The van der Waals surface area contributed by atoms with E-state index in [2.05, 4.69) is 33.0 Å². The first-order valence-electron chi connectivity index (χ1n) is 14.3. The van der Waals surface area contributed by atoms with Gasteiger partial charge in [-0.3, -0.25) is 14.4 Å². The third-order valence-electron chi connectivity index (χ3n) is 7.88. The minimum Gasteiger partial charge on any atom is -0.490 e. The lowest BCUT2D eigenvalue weighted by Gasteiger charge is -2.42. The van der Waals surface area contributed by atoms with Gasteiger partial charge in [0.25, 0.3) is 5.91 Å². The monoisotopic (exact) mass is 557 g/mol. The molecule has 2 aliphatic carbocycles. The summed E-state index contributed by atoms with van der Waals surface area (Å²) in [6.07, 6.45) is 2.05. The van der Waals surface area contributed by atoms with E-state index in [1.54, 1.807) is 6.07 Å². The first-order chi connectivity index (χ1) is 19.4. The van der Waals surface area contributed by atoms with E-state index in [0.29, 0.717) is 72.1 Å². The van der Waals surface area contributed by atoms with Gasteiger partial charge in [-0.15, -0.1) is 0 Å². The number of benzene rings is 2. The van der Waals surface area contributed by atoms with Crippen LogP contribution in [0.4, 0.5) is 5.69 Å². The minimum absolute atomic E-state index is 0.0106. The van der Waals surface area contributed by atoms with E-state index in [9.17, 15) is 14.4 Å². The van der Waals surface area contributed by atoms with Crippen LogP contribution in [0.25, 0.3) is 0 Å². The minimum atomic E-state index is -0.529. The van der Waals surface area contributed by atoms with Crippen molar-refractivity contribution in [1.82, 2.24) is 0 Å². The molecule has 216 valence electrons. The van der Waals surface area contributed by atoms with Gasteiger partial charge in [0.05, 0.1) is 6.61 Å². The lowest BCUT2D eigenvalue weighted by Crippen LogP contribution is -2.37. The van der Waals surface area contributed by atoms with Crippen LogP contribution in [0.2, 0.25) is 0 Å². The van der Waals surface area contributed by atoms with Gasteiger partial charge in [0.2, 0.25) is 0 Å². The zero-order valence-electron chi connectivity index (χ0n) is 24.8. The molecule has 41 heavy (non-hydrogen) atoms. The predicted molar refractivity (Wildman–Crippen MR) is 157 cm³/mol. The smallest absolute Gasteiger partial charge is 0.262 e. The molecule has 1 aliphatic heterocycles. The maximum atomic E-state index is 13.6. The molecule has 1 heterocycles. The first-order valence-corrected chi connectivity index (χ1v) is 14.3. The summed E-state index contributed by atoms with van der Waals surface area (Å²) in [6.45, 7) is 12.3. The number of nitrogens with one attached hydrogen (secondary N) is 1. The van der Waals surface area contributed by atoms with Crippen molar-refractivity contribution in [2.75, 3.05) is 18.5 Å². The van der Waals surface area contributed by atoms with Gasteiger partial charge in [0.1, 0.15) is 11.5 Å². The molecule has 3 aliphatic rings. The number of hydrogen-bond donors (Lipinski definition) is 1. The fourth-order valence-electron chi connectivity index (χ4n) is 6.08. The van der Waals surface area contributed by atoms with Crippen LogP contribution in [0.1, 0.15) is 77.3 Å². The lowest BCUT2D eigenvalue weighted by atomic mass is 9.65. The van der Waals surface area contributed by atoms with Crippen molar-refractivity contribution in [2.24, 2.45) is 10.8 Å². The Labute approximate surface area is 241 Å². The standard InChI is InChI=1S/C34H39NO6/c1-7-39-26-14-21(10-13-25(26)40-19-29(38)35-22-11-8-20(2)9-12-22)30-31-23(36)15-33(3,4)17-27(31)41-28-18-34(5,6)16-24(37)32(28)30/h8-14,30H,7,15-19H2,1-6H3,(H,35,38). The lowest BCUT2D eigenvalue weighted by molar-refractivity contribution is -0.120. The molecule has 0 spiro atoms. The number of Topliss-reactive ketones (excluding diaryl/α,β-unsaturated/α-hetero) is 2. The summed E-state index contributed by atoms with van der Waals surface area (Å²) in [5, 5.41) is 2.83. The maximum absolute atomic E-state index is 13.6. The summed E-state index contributed by atoms with van der Waals surface area (Å²) in [7, 11) is 0. The highest BCUT2D eigenvalue weighted by Gasteiger charge is 2.48. The largest absolute Gasteiger partial charge is 0.490 e. The number of carbonyl (C=O) groups excluding carboxylic acids is 3. The molecule has 2 aromatic rings. The molecule has 7 nitrogen and oxygen atoms in total. The van der Waals surface area contributed by atoms with Crippen molar-refractivity contribution in [2.45, 2.75) is 73.1 Å². The topological polar surface area (TPSA) is 90.9 Å². The number of rotatable bonds is 7. The summed E-state index contributed by atoms with van der Waals surface area (Å²) >= 11 is 0. The second-order valence-corrected chi connectivity index (χ2v) is 12.9. The second kappa shape index (κ2) is 10.8. The average Bonchev–Trinajstić information content (AvgIpc) is 2.87. The Morgan fingerprint density at radius 3 is 2.00 bits per heavy atom. The van der Waals surface area contributed by atoms with E-state index in [-0.39, 0.29) is 34.9 Å². The van der Waals surface area contributed by atoms with Crippen LogP contribution in [-0.4, -0.2) is 30.7 Å². The molecule has 0 bridgehead atoms. The van der Waals surface area contributed by atoms with Gasteiger partial charge < -0.3 is 19.5 Å². The molecule has 0 atom stereocenters. The van der Waals surface area contributed by atoms with E-state index in [1.807, 2.05) is 50.2 Å². The molecule has 0 fully saturated rings. The number of ether oxygens (including phenoxy) is 3. The number of anilines is 1. The summed E-state index contributed by atoms with van der Waals surface area (Å²) in [4.78, 5) is 39.7. The number of aryl methyl sites for hydroxylation is 1. The van der Waals surface area contributed by atoms with Crippen LogP contribution < -0.4 is 14.8 Å². The molecular formula is C34H39NO6. The van der Waals surface area contributed by atoms with Crippen LogP contribution in [0, 0.1) is 17.8 Å². The molecule has 2 aromatic carbocycles. The van der Waals surface area contributed by atoms with E-state index in [4.69, 9.17) is 14.2 Å². The number of carbonyl (C=O) groups is 3. The molecule has 0 aromatic heterocycles. The Morgan fingerprint density at radius 2 is 1.44 bits per heavy atom.